The molecular formula is C11H7BrClNO4. The molecule has 0 spiro atoms. The summed E-state index contributed by atoms with van der Waals surface area (Å²) >= 11 is 9.23. The minimum atomic E-state index is -0.602. The van der Waals surface area contributed by atoms with Gasteiger partial charge in [-0.25, -0.2) is 0 Å². The number of furan rings is 1. The monoisotopic (exact) mass is 331 g/mol. The first-order valence-corrected chi connectivity index (χ1v) is 6.04. The van der Waals surface area contributed by atoms with E-state index < -0.39 is 4.92 Å². The number of hydrogen-bond donors (Lipinski definition) is 0. The summed E-state index contributed by atoms with van der Waals surface area (Å²) in [4.78, 5) is 9.83. The highest BCUT2D eigenvalue weighted by atomic mass is 79.9. The molecule has 0 aliphatic rings. The van der Waals surface area contributed by atoms with Crippen LogP contribution in [-0.2, 0) is 6.61 Å². The molecule has 0 saturated heterocycles. The molecule has 1 heterocycles. The van der Waals surface area contributed by atoms with Gasteiger partial charge in [0.15, 0.2) is 0 Å². The topological polar surface area (TPSA) is 65.5 Å². The smallest absolute Gasteiger partial charge is 0.433 e. The van der Waals surface area contributed by atoms with E-state index in [1.165, 1.54) is 12.1 Å². The second-order valence-corrected chi connectivity index (χ2v) is 4.68. The average Bonchev–Trinajstić information content (AvgIpc) is 2.79. The molecule has 0 amide bonds. The summed E-state index contributed by atoms with van der Waals surface area (Å²) in [5, 5.41) is 10.9. The van der Waals surface area contributed by atoms with Crippen molar-refractivity contribution >= 4 is 33.4 Å². The third kappa shape index (κ3) is 3.02. The fraction of sp³-hybridized carbons (Fsp3) is 0.0909. The normalized spacial score (nSPS) is 10.3. The number of hydrogen-bond acceptors (Lipinski definition) is 4. The average molecular weight is 333 g/mol. The van der Waals surface area contributed by atoms with E-state index in [1.54, 1.807) is 18.2 Å². The summed E-state index contributed by atoms with van der Waals surface area (Å²) in [5.41, 5.74) is 0. The molecule has 7 heteroatoms. The van der Waals surface area contributed by atoms with Crippen molar-refractivity contribution in [1.82, 2.24) is 0 Å². The molecule has 0 N–H and O–H groups in total. The third-order valence-corrected chi connectivity index (χ3v) is 2.90. The summed E-state index contributed by atoms with van der Waals surface area (Å²) in [6.07, 6.45) is 0. The van der Waals surface area contributed by atoms with E-state index in [1.807, 2.05) is 0 Å². The van der Waals surface area contributed by atoms with Gasteiger partial charge in [0.05, 0.1) is 11.1 Å². The van der Waals surface area contributed by atoms with Gasteiger partial charge in [0, 0.05) is 4.47 Å². The van der Waals surface area contributed by atoms with E-state index in [-0.39, 0.29) is 12.5 Å². The maximum absolute atomic E-state index is 10.4. The molecule has 2 rings (SSSR count). The summed E-state index contributed by atoms with van der Waals surface area (Å²) in [7, 11) is 0. The Balaban J connectivity index is 2.06. The van der Waals surface area contributed by atoms with Crippen LogP contribution in [0.4, 0.5) is 5.88 Å². The van der Waals surface area contributed by atoms with Crippen molar-refractivity contribution in [3.8, 4) is 5.75 Å². The first-order valence-electron chi connectivity index (χ1n) is 4.87. The molecule has 1 aromatic heterocycles. The zero-order valence-electron chi connectivity index (χ0n) is 8.93. The Bertz CT molecular complexity index is 584. The lowest BCUT2D eigenvalue weighted by molar-refractivity contribution is -0.402. The molecule has 0 saturated carbocycles. The molecule has 0 aliphatic heterocycles. The number of rotatable bonds is 4. The molecule has 1 aromatic carbocycles. The molecule has 94 valence electrons. The van der Waals surface area contributed by atoms with E-state index in [0.29, 0.717) is 16.5 Å². The summed E-state index contributed by atoms with van der Waals surface area (Å²) in [5.74, 6) is 0.525. The minimum Gasteiger partial charge on any atom is -0.484 e. The van der Waals surface area contributed by atoms with Crippen LogP contribution < -0.4 is 4.74 Å². The van der Waals surface area contributed by atoms with Gasteiger partial charge in [-0.05, 0) is 24.3 Å². The van der Waals surface area contributed by atoms with Crippen molar-refractivity contribution in [3.05, 3.63) is 55.7 Å². The van der Waals surface area contributed by atoms with Gasteiger partial charge in [0.1, 0.15) is 23.0 Å². The fourth-order valence-corrected chi connectivity index (χ4v) is 1.79. The standard InChI is InChI=1S/C11H7BrClNO4/c12-7-1-3-9(13)10(5-7)17-6-8-2-4-11(18-8)14(15)16/h1-5H,6H2. The highest BCUT2D eigenvalue weighted by Crippen LogP contribution is 2.29. The van der Waals surface area contributed by atoms with Crippen LogP contribution in [0.1, 0.15) is 5.76 Å². The van der Waals surface area contributed by atoms with Crippen molar-refractivity contribution in [2.24, 2.45) is 0 Å². The van der Waals surface area contributed by atoms with Crippen LogP contribution >= 0.6 is 27.5 Å². The molecule has 2 aromatic rings. The van der Waals surface area contributed by atoms with Crippen molar-refractivity contribution in [2.45, 2.75) is 6.61 Å². The van der Waals surface area contributed by atoms with Gasteiger partial charge in [-0.1, -0.05) is 27.5 Å². The predicted molar refractivity (Wildman–Crippen MR) is 68.8 cm³/mol. The van der Waals surface area contributed by atoms with Crippen LogP contribution in [0.15, 0.2) is 39.2 Å². The maximum atomic E-state index is 10.4. The second kappa shape index (κ2) is 5.41. The largest absolute Gasteiger partial charge is 0.484 e. The van der Waals surface area contributed by atoms with Crippen LogP contribution in [0.25, 0.3) is 0 Å². The molecule has 5 nitrogen and oxygen atoms in total. The van der Waals surface area contributed by atoms with Gasteiger partial charge < -0.3 is 9.15 Å². The van der Waals surface area contributed by atoms with Crippen LogP contribution in [0.3, 0.4) is 0 Å². The maximum Gasteiger partial charge on any atom is 0.433 e. The van der Waals surface area contributed by atoms with E-state index in [0.717, 1.165) is 4.47 Å². The number of nitro groups is 1. The highest BCUT2D eigenvalue weighted by molar-refractivity contribution is 9.10. The lowest BCUT2D eigenvalue weighted by Crippen LogP contribution is -1.94. The molecule has 18 heavy (non-hydrogen) atoms. The van der Waals surface area contributed by atoms with Crippen LogP contribution in [0, 0.1) is 10.1 Å². The van der Waals surface area contributed by atoms with E-state index in [4.69, 9.17) is 20.8 Å². The van der Waals surface area contributed by atoms with E-state index in [9.17, 15) is 10.1 Å². The van der Waals surface area contributed by atoms with Crippen LogP contribution in [-0.4, -0.2) is 4.92 Å². The molecule has 0 atom stereocenters. The Morgan fingerprint density at radius 1 is 1.39 bits per heavy atom. The lowest BCUT2D eigenvalue weighted by atomic mass is 10.3. The number of halogens is 2. The van der Waals surface area contributed by atoms with Crippen LogP contribution in [0.2, 0.25) is 5.02 Å². The first-order chi connectivity index (χ1) is 8.56. The summed E-state index contributed by atoms with van der Waals surface area (Å²) in [6, 6.07) is 7.95. The predicted octanol–water partition coefficient (Wildman–Crippen LogP) is 4.18. The Morgan fingerprint density at radius 3 is 2.83 bits per heavy atom. The van der Waals surface area contributed by atoms with Gasteiger partial charge in [-0.15, -0.1) is 0 Å². The lowest BCUT2D eigenvalue weighted by Gasteiger charge is -2.06. The summed E-state index contributed by atoms with van der Waals surface area (Å²) < 4.78 is 11.2. The highest BCUT2D eigenvalue weighted by Gasteiger charge is 2.12. The molecule has 0 aliphatic carbocycles. The molecule has 0 fully saturated rings. The molecular weight excluding hydrogens is 325 g/mol. The van der Waals surface area contributed by atoms with Crippen molar-refractivity contribution in [2.75, 3.05) is 0 Å². The zero-order chi connectivity index (χ0) is 13.1. The Labute approximate surface area is 116 Å². The van der Waals surface area contributed by atoms with E-state index in [2.05, 4.69) is 15.9 Å². The molecule has 0 bridgehead atoms. The zero-order valence-corrected chi connectivity index (χ0v) is 11.3. The second-order valence-electron chi connectivity index (χ2n) is 3.36. The molecule has 0 unspecified atom stereocenters. The van der Waals surface area contributed by atoms with Crippen molar-refractivity contribution in [3.63, 3.8) is 0 Å². The van der Waals surface area contributed by atoms with Gasteiger partial charge in [-0.2, -0.15) is 0 Å². The van der Waals surface area contributed by atoms with Gasteiger partial charge in [0.25, 0.3) is 0 Å². The minimum absolute atomic E-state index is 0.0734. The Kier molecular flexibility index (Phi) is 3.88. The molecule has 0 radical (unpaired) electrons. The number of nitrogens with zero attached hydrogens (tertiary/aromatic N) is 1. The van der Waals surface area contributed by atoms with Crippen molar-refractivity contribution in [1.29, 1.82) is 0 Å². The SMILES string of the molecule is O=[N+]([O-])c1ccc(COc2cc(Br)ccc2Cl)o1. The van der Waals surface area contributed by atoms with Gasteiger partial charge in [-0.3, -0.25) is 10.1 Å². The Hall–Kier alpha value is -1.53. The van der Waals surface area contributed by atoms with E-state index >= 15 is 0 Å². The third-order valence-electron chi connectivity index (χ3n) is 2.09. The number of ether oxygens (including phenoxy) is 1. The van der Waals surface area contributed by atoms with Gasteiger partial charge >= 0.3 is 5.88 Å². The van der Waals surface area contributed by atoms with Crippen molar-refractivity contribution < 1.29 is 14.1 Å². The summed E-state index contributed by atoms with van der Waals surface area (Å²) in [6.45, 7) is 0.0734. The number of benzene rings is 1. The Morgan fingerprint density at radius 2 is 2.17 bits per heavy atom. The van der Waals surface area contributed by atoms with Crippen LogP contribution in [0.5, 0.6) is 5.75 Å². The first kappa shape index (κ1) is 12.9. The fourth-order valence-electron chi connectivity index (χ4n) is 1.28. The quantitative estimate of drug-likeness (QED) is 0.622. The van der Waals surface area contributed by atoms with Gasteiger partial charge in [0.2, 0.25) is 0 Å².